The molecule has 1 heteroatoms. The van der Waals surface area contributed by atoms with Gasteiger partial charge >= 0.3 is 0 Å². The van der Waals surface area contributed by atoms with E-state index in [1.54, 1.807) is 0 Å². The molecule has 0 heterocycles. The molecule has 1 nitrogen and oxygen atoms in total. The van der Waals surface area contributed by atoms with E-state index in [-0.39, 0.29) is 0 Å². The van der Waals surface area contributed by atoms with Crippen LogP contribution in [0, 0.1) is 0 Å². The Morgan fingerprint density at radius 3 is 1.68 bits per heavy atom. The largest absolute Gasteiger partial charge is 0.310 e. The Kier molecular flexibility index (Phi) is 7.89. The van der Waals surface area contributed by atoms with Crippen molar-refractivity contribution in [3.8, 4) is 33.4 Å². The second kappa shape index (κ2) is 13.7. The molecule has 0 bridgehead atoms. The van der Waals surface area contributed by atoms with Crippen molar-refractivity contribution in [3.05, 3.63) is 224 Å². The van der Waals surface area contributed by atoms with Gasteiger partial charge in [0.1, 0.15) is 0 Å². The molecule has 11 aromatic carbocycles. The summed E-state index contributed by atoms with van der Waals surface area (Å²) in [5, 5.41) is 12.6. The Hall–Kier alpha value is -7.48. The van der Waals surface area contributed by atoms with Gasteiger partial charge in [-0.1, -0.05) is 182 Å². The third-order valence-corrected chi connectivity index (χ3v) is 11.6. The van der Waals surface area contributed by atoms with Crippen molar-refractivity contribution in [1.82, 2.24) is 0 Å². The molecule has 0 radical (unpaired) electrons. The van der Waals surface area contributed by atoms with Crippen LogP contribution in [0.15, 0.2) is 224 Å². The maximum Gasteiger partial charge on any atom is 0.0468 e. The summed E-state index contributed by atoms with van der Waals surface area (Å²) in [6.07, 6.45) is 0. The topological polar surface area (TPSA) is 3.24 Å². The molecule has 0 spiro atoms. The standard InChI is InChI=1S/C56H37N/c1-3-14-39(15-4-1)55-37-47(31-34-49(55)44-28-25-38-13-7-8-17-42(38)35-44)57(45-19-5-2-6-20-45)46-30-33-48-43(36-46)18-11-22-51(48)52-23-12-24-54-53(52)32-29-41-27-26-40-16-9-10-21-50(40)56(41)54/h1-37H. The molecule has 0 amide bonds. The van der Waals surface area contributed by atoms with E-state index in [0.717, 1.165) is 17.1 Å². The smallest absolute Gasteiger partial charge is 0.0468 e. The average Bonchev–Trinajstić information content (AvgIpc) is 3.29. The molecule has 0 atom stereocenters. The zero-order valence-corrected chi connectivity index (χ0v) is 31.3. The summed E-state index contributed by atoms with van der Waals surface area (Å²) in [6.45, 7) is 0. The first-order chi connectivity index (χ1) is 28.3. The van der Waals surface area contributed by atoms with Gasteiger partial charge in [0.15, 0.2) is 0 Å². The summed E-state index contributed by atoms with van der Waals surface area (Å²) >= 11 is 0. The van der Waals surface area contributed by atoms with Crippen molar-refractivity contribution >= 4 is 70.9 Å². The van der Waals surface area contributed by atoms with Crippen molar-refractivity contribution in [2.75, 3.05) is 4.90 Å². The highest BCUT2D eigenvalue weighted by molar-refractivity contribution is 6.23. The summed E-state index contributed by atoms with van der Waals surface area (Å²) < 4.78 is 0. The van der Waals surface area contributed by atoms with Crippen molar-refractivity contribution in [2.45, 2.75) is 0 Å². The summed E-state index contributed by atoms with van der Waals surface area (Å²) in [7, 11) is 0. The van der Waals surface area contributed by atoms with Gasteiger partial charge in [-0.3, -0.25) is 0 Å². The van der Waals surface area contributed by atoms with Gasteiger partial charge < -0.3 is 4.90 Å². The first kappa shape index (κ1) is 32.9. The minimum atomic E-state index is 1.10. The fraction of sp³-hybridized carbons (Fsp3) is 0. The van der Waals surface area contributed by atoms with Gasteiger partial charge in [-0.05, 0) is 130 Å². The van der Waals surface area contributed by atoms with E-state index >= 15 is 0 Å². The number of para-hydroxylation sites is 1. The molecule has 0 aliphatic heterocycles. The van der Waals surface area contributed by atoms with Gasteiger partial charge in [-0.2, -0.15) is 0 Å². The molecule has 0 saturated carbocycles. The predicted octanol–water partition coefficient (Wildman–Crippen LogP) is 15.9. The normalized spacial score (nSPS) is 11.5. The highest BCUT2D eigenvalue weighted by atomic mass is 15.1. The fourth-order valence-corrected chi connectivity index (χ4v) is 8.90. The number of benzene rings is 11. The molecule has 11 aromatic rings. The van der Waals surface area contributed by atoms with E-state index in [9.17, 15) is 0 Å². The minimum absolute atomic E-state index is 1.10. The lowest BCUT2D eigenvalue weighted by molar-refractivity contribution is 1.29. The number of hydrogen-bond acceptors (Lipinski definition) is 1. The van der Waals surface area contributed by atoms with Crippen LogP contribution in [0.5, 0.6) is 0 Å². The predicted molar refractivity (Wildman–Crippen MR) is 245 cm³/mol. The molecule has 57 heavy (non-hydrogen) atoms. The molecular weight excluding hydrogens is 687 g/mol. The maximum atomic E-state index is 2.39. The first-order valence-electron chi connectivity index (χ1n) is 19.7. The summed E-state index contributed by atoms with van der Waals surface area (Å²) in [6, 6.07) is 82.1. The van der Waals surface area contributed by atoms with Gasteiger partial charge in [0, 0.05) is 17.1 Å². The van der Waals surface area contributed by atoms with Gasteiger partial charge in [0.25, 0.3) is 0 Å². The fourth-order valence-electron chi connectivity index (χ4n) is 8.90. The number of nitrogens with zero attached hydrogens (tertiary/aromatic N) is 1. The maximum absolute atomic E-state index is 2.39. The molecule has 266 valence electrons. The quantitative estimate of drug-likeness (QED) is 0.154. The van der Waals surface area contributed by atoms with Gasteiger partial charge in [-0.15, -0.1) is 0 Å². The van der Waals surface area contributed by atoms with Gasteiger partial charge in [0.05, 0.1) is 0 Å². The summed E-state index contributed by atoms with van der Waals surface area (Å²) in [5.74, 6) is 0. The van der Waals surface area contributed by atoms with Crippen molar-refractivity contribution < 1.29 is 0 Å². The second-order valence-electron chi connectivity index (χ2n) is 14.9. The third-order valence-electron chi connectivity index (χ3n) is 11.6. The molecule has 11 rings (SSSR count). The molecule has 0 aliphatic rings. The zero-order valence-electron chi connectivity index (χ0n) is 31.3. The Morgan fingerprint density at radius 2 is 0.825 bits per heavy atom. The lowest BCUT2D eigenvalue weighted by atomic mass is 9.90. The Balaban J connectivity index is 1.07. The van der Waals surface area contributed by atoms with Crippen LogP contribution in [-0.4, -0.2) is 0 Å². The highest BCUT2D eigenvalue weighted by Crippen LogP contribution is 2.44. The van der Waals surface area contributed by atoms with Gasteiger partial charge in [-0.25, -0.2) is 0 Å². The van der Waals surface area contributed by atoms with Crippen molar-refractivity contribution in [2.24, 2.45) is 0 Å². The van der Waals surface area contributed by atoms with Crippen LogP contribution >= 0.6 is 0 Å². The second-order valence-corrected chi connectivity index (χ2v) is 14.9. The Bertz CT molecular complexity index is 3290. The SMILES string of the molecule is c1ccc(-c2cc(N(c3ccccc3)c3ccc4c(-c5cccc6c5ccc5ccc7ccccc7c56)cccc4c3)ccc2-c2ccc3ccccc3c2)cc1. The van der Waals surface area contributed by atoms with Gasteiger partial charge in [0.2, 0.25) is 0 Å². The number of hydrogen-bond donors (Lipinski definition) is 0. The molecule has 0 saturated heterocycles. The molecular formula is C56H37N. The first-order valence-corrected chi connectivity index (χ1v) is 19.7. The van der Waals surface area contributed by atoms with E-state index in [1.807, 2.05) is 0 Å². The molecule has 0 unspecified atom stereocenters. The Labute approximate surface area is 332 Å². The van der Waals surface area contributed by atoms with E-state index in [4.69, 9.17) is 0 Å². The van der Waals surface area contributed by atoms with E-state index < -0.39 is 0 Å². The van der Waals surface area contributed by atoms with E-state index in [0.29, 0.717) is 0 Å². The van der Waals surface area contributed by atoms with E-state index in [2.05, 4.69) is 229 Å². The molecule has 0 aliphatic carbocycles. The van der Waals surface area contributed by atoms with Crippen molar-refractivity contribution in [3.63, 3.8) is 0 Å². The molecule has 0 N–H and O–H groups in total. The molecule has 0 fully saturated rings. The van der Waals surface area contributed by atoms with Crippen LogP contribution < -0.4 is 4.90 Å². The lowest BCUT2D eigenvalue weighted by Gasteiger charge is -2.27. The van der Waals surface area contributed by atoms with Crippen LogP contribution in [-0.2, 0) is 0 Å². The molecule has 0 aromatic heterocycles. The zero-order chi connectivity index (χ0) is 37.7. The average molecular weight is 724 g/mol. The summed E-state index contributed by atoms with van der Waals surface area (Å²) in [5.41, 5.74) is 10.6. The number of fused-ring (bicyclic) bond motifs is 7. The Morgan fingerprint density at radius 1 is 0.228 bits per heavy atom. The number of anilines is 3. The van der Waals surface area contributed by atoms with Crippen LogP contribution in [0.3, 0.4) is 0 Å². The van der Waals surface area contributed by atoms with Crippen molar-refractivity contribution in [1.29, 1.82) is 0 Å². The van der Waals surface area contributed by atoms with E-state index in [1.165, 1.54) is 87.2 Å². The monoisotopic (exact) mass is 723 g/mol. The summed E-state index contributed by atoms with van der Waals surface area (Å²) in [4.78, 5) is 2.39. The van der Waals surface area contributed by atoms with Crippen LogP contribution in [0.4, 0.5) is 17.1 Å². The van der Waals surface area contributed by atoms with Crippen LogP contribution in [0.2, 0.25) is 0 Å². The minimum Gasteiger partial charge on any atom is -0.310 e. The highest BCUT2D eigenvalue weighted by Gasteiger charge is 2.18. The number of rotatable bonds is 6. The lowest BCUT2D eigenvalue weighted by Crippen LogP contribution is -2.10. The van der Waals surface area contributed by atoms with Crippen LogP contribution in [0.25, 0.3) is 87.2 Å². The third kappa shape index (κ3) is 5.72. The van der Waals surface area contributed by atoms with Crippen LogP contribution in [0.1, 0.15) is 0 Å².